The molecule has 4 rings (SSSR count). The van der Waals surface area contributed by atoms with E-state index in [1.165, 1.54) is 0 Å². The van der Waals surface area contributed by atoms with Gasteiger partial charge in [0.25, 0.3) is 0 Å². The van der Waals surface area contributed by atoms with Crippen LogP contribution >= 0.6 is 0 Å². The second-order valence-electron chi connectivity index (χ2n) is 5.75. The van der Waals surface area contributed by atoms with Gasteiger partial charge in [0.15, 0.2) is 11.5 Å². The quantitative estimate of drug-likeness (QED) is 0.799. The molecule has 0 bridgehead atoms. The number of imidazole rings is 1. The molecule has 0 unspecified atom stereocenters. The zero-order chi connectivity index (χ0) is 16.7. The molecule has 0 amide bonds. The third-order valence-electron chi connectivity index (χ3n) is 3.94. The van der Waals surface area contributed by atoms with E-state index in [1.54, 1.807) is 10.9 Å². The maximum Gasteiger partial charge on any atom is 0.180 e. The minimum absolute atomic E-state index is 0.470. The third kappa shape index (κ3) is 2.32. The summed E-state index contributed by atoms with van der Waals surface area (Å²) in [5.41, 5.74) is 5.50. The minimum atomic E-state index is 0.470. The molecule has 122 valence electrons. The van der Waals surface area contributed by atoms with Crippen LogP contribution in [0.3, 0.4) is 0 Å². The van der Waals surface area contributed by atoms with E-state index in [9.17, 15) is 0 Å². The van der Waals surface area contributed by atoms with Crippen LogP contribution in [-0.2, 0) is 11.9 Å². The van der Waals surface area contributed by atoms with E-state index >= 15 is 0 Å². The molecule has 0 aliphatic carbocycles. The van der Waals surface area contributed by atoms with Crippen molar-refractivity contribution >= 4 is 17.2 Å². The minimum Gasteiger partial charge on any atom is -0.391 e. The van der Waals surface area contributed by atoms with Gasteiger partial charge in [-0.3, -0.25) is 9.08 Å². The lowest BCUT2D eigenvalue weighted by molar-refractivity contribution is 0.163. The molecule has 0 saturated carbocycles. The van der Waals surface area contributed by atoms with E-state index in [0.717, 1.165) is 33.9 Å². The monoisotopic (exact) mass is 323 g/mol. The molecule has 8 heteroatoms. The molecule has 3 aromatic heterocycles. The average molecular weight is 323 g/mol. The summed E-state index contributed by atoms with van der Waals surface area (Å²) in [5.74, 6) is 0.679. The van der Waals surface area contributed by atoms with Crippen LogP contribution in [0.1, 0.15) is 13.8 Å². The first kappa shape index (κ1) is 14.4. The Kier molecular flexibility index (Phi) is 3.30. The van der Waals surface area contributed by atoms with E-state index in [4.69, 9.17) is 4.84 Å². The maximum atomic E-state index is 5.15. The zero-order valence-electron chi connectivity index (χ0n) is 13.7. The second kappa shape index (κ2) is 5.48. The summed E-state index contributed by atoms with van der Waals surface area (Å²) in [4.78, 5) is 14.1. The van der Waals surface area contributed by atoms with Crippen molar-refractivity contribution in [2.45, 2.75) is 13.8 Å². The molecule has 1 N–H and O–H groups in total. The summed E-state index contributed by atoms with van der Waals surface area (Å²) < 4.78 is 3.76. The van der Waals surface area contributed by atoms with Crippen molar-refractivity contribution in [1.29, 1.82) is 0 Å². The first-order chi connectivity index (χ1) is 11.6. The van der Waals surface area contributed by atoms with Crippen molar-refractivity contribution in [3.63, 3.8) is 0 Å². The van der Waals surface area contributed by atoms with E-state index in [0.29, 0.717) is 12.4 Å². The van der Waals surface area contributed by atoms with Gasteiger partial charge in [0.1, 0.15) is 12.3 Å². The van der Waals surface area contributed by atoms with Crippen molar-refractivity contribution in [3.8, 4) is 11.3 Å². The molecular weight excluding hydrogens is 306 g/mol. The predicted molar refractivity (Wildman–Crippen MR) is 90.6 cm³/mol. The summed E-state index contributed by atoms with van der Waals surface area (Å²) in [5, 5.41) is 11.6. The number of aryl methyl sites for hydroxylation is 1. The van der Waals surface area contributed by atoms with Crippen LogP contribution in [0.4, 0.5) is 5.82 Å². The fraction of sp³-hybridized carbons (Fsp3) is 0.250. The third-order valence-corrected chi connectivity index (χ3v) is 3.94. The standard InChI is InChI=1S/C16H17N7O/c1-10-9-24-21-11(2)14(10)20-15-16-18-7-13(23(16)5-4-17-15)12-6-19-22(3)8-12/h4-8H,9H2,1-3H3,(H,17,20). The first-order valence-electron chi connectivity index (χ1n) is 7.58. The van der Waals surface area contributed by atoms with Gasteiger partial charge in [-0.1, -0.05) is 5.16 Å². The molecule has 0 spiro atoms. The number of anilines is 1. The van der Waals surface area contributed by atoms with Gasteiger partial charge in [0.05, 0.1) is 23.8 Å². The number of oxime groups is 1. The molecule has 1 aliphatic heterocycles. The summed E-state index contributed by atoms with van der Waals surface area (Å²) in [6.45, 7) is 4.38. The predicted octanol–water partition coefficient (Wildman–Crippen LogP) is 2.22. The average Bonchev–Trinajstić information content (AvgIpc) is 3.17. The highest BCUT2D eigenvalue weighted by Gasteiger charge is 2.17. The van der Waals surface area contributed by atoms with Crippen LogP contribution in [0.25, 0.3) is 16.9 Å². The Labute approximate surface area is 138 Å². The Morgan fingerprint density at radius 2 is 2.08 bits per heavy atom. The van der Waals surface area contributed by atoms with Gasteiger partial charge in [-0.25, -0.2) is 9.97 Å². The first-order valence-corrected chi connectivity index (χ1v) is 7.58. The van der Waals surface area contributed by atoms with Gasteiger partial charge >= 0.3 is 0 Å². The molecule has 0 atom stereocenters. The molecule has 0 fully saturated rings. The van der Waals surface area contributed by atoms with Crippen molar-refractivity contribution in [2.75, 3.05) is 11.9 Å². The van der Waals surface area contributed by atoms with Crippen molar-refractivity contribution in [3.05, 3.63) is 42.3 Å². The summed E-state index contributed by atoms with van der Waals surface area (Å²) in [6.07, 6.45) is 9.24. The number of rotatable bonds is 3. The molecule has 24 heavy (non-hydrogen) atoms. The number of hydrogen-bond donors (Lipinski definition) is 1. The van der Waals surface area contributed by atoms with Gasteiger partial charge in [-0.05, 0) is 19.4 Å². The van der Waals surface area contributed by atoms with E-state index in [2.05, 4.69) is 25.5 Å². The van der Waals surface area contributed by atoms with Crippen molar-refractivity contribution in [2.24, 2.45) is 12.2 Å². The Morgan fingerprint density at radius 1 is 1.21 bits per heavy atom. The fourth-order valence-corrected chi connectivity index (χ4v) is 2.74. The molecule has 0 saturated heterocycles. The lowest BCUT2D eigenvalue weighted by Crippen LogP contribution is -2.18. The van der Waals surface area contributed by atoms with Gasteiger partial charge in [-0.2, -0.15) is 5.10 Å². The smallest absolute Gasteiger partial charge is 0.180 e. The van der Waals surface area contributed by atoms with Crippen LogP contribution in [-0.4, -0.2) is 36.5 Å². The van der Waals surface area contributed by atoms with Crippen molar-refractivity contribution < 1.29 is 4.84 Å². The molecule has 8 nitrogen and oxygen atoms in total. The van der Waals surface area contributed by atoms with Crippen LogP contribution in [0, 0.1) is 0 Å². The molecule has 0 aromatic carbocycles. The number of allylic oxidation sites excluding steroid dienone is 1. The topological polar surface area (TPSA) is 81.6 Å². The number of fused-ring (bicyclic) bond motifs is 1. The van der Waals surface area contributed by atoms with E-state index in [1.807, 2.05) is 50.1 Å². The Morgan fingerprint density at radius 3 is 2.83 bits per heavy atom. The Bertz CT molecular complexity index is 979. The second-order valence-corrected chi connectivity index (χ2v) is 5.75. The van der Waals surface area contributed by atoms with Gasteiger partial charge in [0.2, 0.25) is 0 Å². The molecule has 0 radical (unpaired) electrons. The van der Waals surface area contributed by atoms with Crippen LogP contribution in [0.5, 0.6) is 0 Å². The number of hydrogen-bond acceptors (Lipinski definition) is 6. The lowest BCUT2D eigenvalue weighted by Gasteiger charge is -2.17. The fourth-order valence-electron chi connectivity index (χ4n) is 2.74. The SMILES string of the molecule is CC1=NOCC(C)=C1Nc1nccn2c(-c3cnn(C)c3)cnc12. The van der Waals surface area contributed by atoms with E-state index in [-0.39, 0.29) is 0 Å². The van der Waals surface area contributed by atoms with Crippen LogP contribution in [0.2, 0.25) is 0 Å². The molecular formula is C16H17N7O. The molecule has 4 heterocycles. The summed E-state index contributed by atoms with van der Waals surface area (Å²) in [6, 6.07) is 0. The van der Waals surface area contributed by atoms with Crippen LogP contribution < -0.4 is 5.32 Å². The highest BCUT2D eigenvalue weighted by molar-refractivity contribution is 6.01. The maximum absolute atomic E-state index is 5.15. The highest BCUT2D eigenvalue weighted by atomic mass is 16.6. The summed E-state index contributed by atoms with van der Waals surface area (Å²) in [7, 11) is 1.89. The Hall–Kier alpha value is -3.16. The van der Waals surface area contributed by atoms with Gasteiger partial charge in [0, 0.05) is 31.2 Å². The van der Waals surface area contributed by atoms with Gasteiger partial charge < -0.3 is 10.2 Å². The normalized spacial score (nSPS) is 14.7. The largest absolute Gasteiger partial charge is 0.391 e. The molecule has 1 aliphatic rings. The number of nitrogens with zero attached hydrogens (tertiary/aromatic N) is 6. The van der Waals surface area contributed by atoms with Gasteiger partial charge in [-0.15, -0.1) is 0 Å². The van der Waals surface area contributed by atoms with E-state index < -0.39 is 0 Å². The van der Waals surface area contributed by atoms with Crippen molar-refractivity contribution in [1.82, 2.24) is 24.1 Å². The number of aromatic nitrogens is 5. The lowest BCUT2D eigenvalue weighted by atomic mass is 10.1. The number of nitrogens with one attached hydrogen (secondary N) is 1. The highest BCUT2D eigenvalue weighted by Crippen LogP contribution is 2.24. The van der Waals surface area contributed by atoms with Crippen LogP contribution in [0.15, 0.2) is 47.4 Å². The summed E-state index contributed by atoms with van der Waals surface area (Å²) >= 11 is 0. The molecule has 3 aromatic rings. The zero-order valence-corrected chi connectivity index (χ0v) is 13.7. The Balaban J connectivity index is 1.78.